The topological polar surface area (TPSA) is 76.3 Å². The molecule has 2 N–H and O–H groups in total. The number of nitrogens with zero attached hydrogens (tertiary/aromatic N) is 2. The van der Waals surface area contributed by atoms with E-state index in [4.69, 9.17) is 5.73 Å². The summed E-state index contributed by atoms with van der Waals surface area (Å²) in [7, 11) is 0. The SMILES string of the molecule is CCC=CCC=CCC=CCC=CCC=CCCC(C[C@H]1CCCN1C(=O)c1cccnc1)C(N)=O. The van der Waals surface area contributed by atoms with Crippen molar-refractivity contribution in [2.45, 2.75) is 77.2 Å². The Balaban J connectivity index is 1.66. The van der Waals surface area contributed by atoms with E-state index in [2.05, 4.69) is 72.7 Å². The Bertz CT molecular complexity index is 915. The van der Waals surface area contributed by atoms with Crippen LogP contribution in [0.2, 0.25) is 0 Å². The summed E-state index contributed by atoms with van der Waals surface area (Å²) < 4.78 is 0. The lowest BCUT2D eigenvalue weighted by molar-refractivity contribution is -0.122. The first-order chi connectivity index (χ1) is 17.6. The zero-order valence-electron chi connectivity index (χ0n) is 21.8. The Hall–Kier alpha value is -3.21. The predicted octanol–water partition coefficient (Wildman–Crippen LogP) is 6.71. The van der Waals surface area contributed by atoms with Gasteiger partial charge in [-0.25, -0.2) is 0 Å². The number of aromatic nitrogens is 1. The normalized spacial score (nSPS) is 17.5. The average molecular weight is 490 g/mol. The molecular formula is C31H43N3O2. The van der Waals surface area contributed by atoms with Crippen molar-refractivity contribution in [2.75, 3.05) is 6.54 Å². The van der Waals surface area contributed by atoms with E-state index in [0.29, 0.717) is 18.4 Å². The summed E-state index contributed by atoms with van der Waals surface area (Å²) in [6.45, 7) is 2.87. The molecule has 194 valence electrons. The molecular weight excluding hydrogens is 446 g/mol. The lowest BCUT2D eigenvalue weighted by atomic mass is 9.93. The van der Waals surface area contributed by atoms with Crippen LogP contribution in [0.4, 0.5) is 0 Å². The first-order valence-corrected chi connectivity index (χ1v) is 13.4. The molecule has 0 aliphatic carbocycles. The van der Waals surface area contributed by atoms with Gasteiger partial charge in [0, 0.05) is 30.9 Å². The van der Waals surface area contributed by atoms with Gasteiger partial charge in [-0.2, -0.15) is 0 Å². The van der Waals surface area contributed by atoms with Gasteiger partial charge in [-0.1, -0.05) is 67.7 Å². The summed E-state index contributed by atoms with van der Waals surface area (Å²) in [5, 5.41) is 0. The first-order valence-electron chi connectivity index (χ1n) is 13.4. The molecule has 1 aromatic rings. The highest BCUT2D eigenvalue weighted by Crippen LogP contribution is 2.27. The van der Waals surface area contributed by atoms with E-state index in [9.17, 15) is 9.59 Å². The van der Waals surface area contributed by atoms with E-state index in [1.165, 1.54) is 0 Å². The summed E-state index contributed by atoms with van der Waals surface area (Å²) in [6, 6.07) is 3.62. The summed E-state index contributed by atoms with van der Waals surface area (Å²) in [5.41, 5.74) is 6.31. The number of allylic oxidation sites excluding steroid dienone is 10. The second-order valence-electron chi connectivity index (χ2n) is 9.16. The molecule has 1 aliphatic rings. The van der Waals surface area contributed by atoms with Crippen LogP contribution in [-0.4, -0.2) is 34.3 Å². The van der Waals surface area contributed by atoms with Gasteiger partial charge in [0.15, 0.2) is 0 Å². The highest BCUT2D eigenvalue weighted by Gasteiger charge is 2.32. The van der Waals surface area contributed by atoms with E-state index in [0.717, 1.165) is 57.9 Å². The van der Waals surface area contributed by atoms with Gasteiger partial charge in [0.05, 0.1) is 5.56 Å². The highest BCUT2D eigenvalue weighted by atomic mass is 16.2. The second kappa shape index (κ2) is 18.1. The van der Waals surface area contributed by atoms with Gasteiger partial charge in [-0.3, -0.25) is 14.6 Å². The van der Waals surface area contributed by atoms with E-state index >= 15 is 0 Å². The van der Waals surface area contributed by atoms with Crippen molar-refractivity contribution in [2.24, 2.45) is 11.7 Å². The van der Waals surface area contributed by atoms with Gasteiger partial charge >= 0.3 is 0 Å². The Labute approximate surface area is 217 Å². The Morgan fingerprint density at radius 2 is 1.61 bits per heavy atom. The molecule has 5 nitrogen and oxygen atoms in total. The van der Waals surface area contributed by atoms with Crippen LogP contribution in [0.25, 0.3) is 0 Å². The number of hydrogen-bond donors (Lipinski definition) is 1. The number of likely N-dealkylation sites (tertiary alicyclic amines) is 1. The minimum Gasteiger partial charge on any atom is -0.369 e. The molecule has 2 heterocycles. The van der Waals surface area contributed by atoms with Gasteiger partial charge in [0.25, 0.3) is 5.91 Å². The third kappa shape index (κ3) is 11.5. The summed E-state index contributed by atoms with van der Waals surface area (Å²) in [4.78, 5) is 30.9. The molecule has 2 rings (SSSR count). The standard InChI is InChI=1S/C31H43N3O2/c1-2-3-4-5-6-7-8-9-10-11-12-13-14-15-16-17-20-27(30(32)35)25-29-22-19-24-34(29)31(36)28-21-18-23-33-26-28/h3-4,6-7,9-10,12-13,15-16,18,21,23,26-27,29H,2,5,8,11,14,17,19-20,22,24-25H2,1H3,(H2,32,35)/t27?,29-/m1/s1. The molecule has 0 spiro atoms. The van der Waals surface area contributed by atoms with Gasteiger partial charge < -0.3 is 10.6 Å². The highest BCUT2D eigenvalue weighted by molar-refractivity contribution is 5.94. The molecule has 2 amide bonds. The monoisotopic (exact) mass is 489 g/mol. The van der Waals surface area contributed by atoms with Gasteiger partial charge in [-0.15, -0.1) is 0 Å². The number of rotatable bonds is 16. The average Bonchev–Trinajstić information content (AvgIpc) is 3.35. The van der Waals surface area contributed by atoms with Crippen LogP contribution in [0, 0.1) is 5.92 Å². The Kier molecular flexibility index (Phi) is 14.6. The molecule has 0 saturated carbocycles. The molecule has 36 heavy (non-hydrogen) atoms. The largest absolute Gasteiger partial charge is 0.369 e. The van der Waals surface area contributed by atoms with Crippen molar-refractivity contribution in [1.29, 1.82) is 0 Å². The third-order valence-corrected chi connectivity index (χ3v) is 6.34. The fourth-order valence-electron chi connectivity index (χ4n) is 4.37. The zero-order chi connectivity index (χ0) is 25.8. The number of carbonyl (C=O) groups excluding carboxylic acids is 2. The summed E-state index contributed by atoms with van der Waals surface area (Å²) in [5.74, 6) is -0.506. The maximum atomic E-state index is 12.9. The number of amides is 2. The van der Waals surface area contributed by atoms with Gasteiger partial charge in [0.2, 0.25) is 5.91 Å². The number of pyridine rings is 1. The molecule has 1 fully saturated rings. The molecule has 1 unspecified atom stereocenters. The van der Waals surface area contributed by atoms with Crippen molar-refractivity contribution in [3.63, 3.8) is 0 Å². The van der Waals surface area contributed by atoms with Crippen molar-refractivity contribution >= 4 is 11.8 Å². The van der Waals surface area contributed by atoms with E-state index in [1.807, 2.05) is 4.90 Å². The van der Waals surface area contributed by atoms with Crippen LogP contribution in [0.5, 0.6) is 0 Å². The maximum Gasteiger partial charge on any atom is 0.255 e. The Morgan fingerprint density at radius 1 is 1.00 bits per heavy atom. The fourth-order valence-corrected chi connectivity index (χ4v) is 4.37. The number of hydrogen-bond acceptors (Lipinski definition) is 3. The van der Waals surface area contributed by atoms with E-state index < -0.39 is 0 Å². The van der Waals surface area contributed by atoms with Crippen molar-refractivity contribution in [3.05, 3.63) is 90.9 Å². The van der Waals surface area contributed by atoms with E-state index in [1.54, 1.807) is 24.5 Å². The third-order valence-electron chi connectivity index (χ3n) is 6.34. The zero-order valence-corrected chi connectivity index (χ0v) is 21.8. The number of primary amides is 1. The van der Waals surface area contributed by atoms with Crippen LogP contribution < -0.4 is 5.73 Å². The van der Waals surface area contributed by atoms with Crippen LogP contribution in [0.1, 0.15) is 81.5 Å². The minimum absolute atomic E-state index is 0.00773. The van der Waals surface area contributed by atoms with Crippen LogP contribution in [0.15, 0.2) is 85.3 Å². The van der Waals surface area contributed by atoms with Crippen LogP contribution in [-0.2, 0) is 4.79 Å². The maximum absolute atomic E-state index is 12.9. The molecule has 5 heteroatoms. The molecule has 0 radical (unpaired) electrons. The van der Waals surface area contributed by atoms with Crippen LogP contribution >= 0.6 is 0 Å². The molecule has 0 bridgehead atoms. The van der Waals surface area contributed by atoms with Crippen molar-refractivity contribution < 1.29 is 9.59 Å². The molecule has 2 atom stereocenters. The van der Waals surface area contributed by atoms with Crippen LogP contribution in [0.3, 0.4) is 0 Å². The lowest BCUT2D eigenvalue weighted by Gasteiger charge is -2.27. The number of nitrogens with two attached hydrogens (primary N) is 1. The summed E-state index contributed by atoms with van der Waals surface area (Å²) in [6.07, 6.45) is 34.0. The van der Waals surface area contributed by atoms with Gasteiger partial charge in [0.1, 0.15) is 0 Å². The van der Waals surface area contributed by atoms with Gasteiger partial charge in [-0.05, 0) is 76.3 Å². The molecule has 1 aliphatic heterocycles. The number of carbonyl (C=O) groups is 2. The molecule has 1 aromatic heterocycles. The minimum atomic E-state index is -0.275. The molecule has 0 aromatic carbocycles. The van der Waals surface area contributed by atoms with Crippen molar-refractivity contribution in [3.8, 4) is 0 Å². The first kappa shape index (κ1) is 29.0. The quantitative estimate of drug-likeness (QED) is 0.262. The predicted molar refractivity (Wildman–Crippen MR) is 149 cm³/mol. The molecule has 1 saturated heterocycles. The second-order valence-corrected chi connectivity index (χ2v) is 9.16. The smallest absolute Gasteiger partial charge is 0.255 e. The summed E-state index contributed by atoms with van der Waals surface area (Å²) >= 11 is 0. The lowest BCUT2D eigenvalue weighted by Crippen LogP contribution is -2.38. The Morgan fingerprint density at radius 3 is 2.17 bits per heavy atom. The fraction of sp³-hybridized carbons (Fsp3) is 0.452. The van der Waals surface area contributed by atoms with E-state index in [-0.39, 0.29) is 23.8 Å². The van der Waals surface area contributed by atoms with Crippen molar-refractivity contribution in [1.82, 2.24) is 9.88 Å².